The zero-order valence-corrected chi connectivity index (χ0v) is 13.6. The van der Waals surface area contributed by atoms with Crippen molar-refractivity contribution in [2.75, 3.05) is 0 Å². The normalized spacial score (nSPS) is 12.0. The lowest BCUT2D eigenvalue weighted by Crippen LogP contribution is -2.31. The lowest BCUT2D eigenvalue weighted by Gasteiger charge is -2.19. The first-order chi connectivity index (χ1) is 11.7. The van der Waals surface area contributed by atoms with Crippen LogP contribution in [0.3, 0.4) is 0 Å². The van der Waals surface area contributed by atoms with Crippen molar-refractivity contribution in [3.05, 3.63) is 72.1 Å². The average Bonchev–Trinajstić information content (AvgIpc) is 3.25. The number of imidazole rings is 1. The molecule has 2 aromatic heterocycles. The highest BCUT2D eigenvalue weighted by Crippen LogP contribution is 2.20. The minimum atomic E-state index is -0.243. The number of nitrogens with one attached hydrogen (secondary N) is 2. The maximum absolute atomic E-state index is 12.4. The first-order valence-electron chi connectivity index (χ1n) is 8.03. The second-order valence-electron chi connectivity index (χ2n) is 5.77. The molecule has 0 fully saturated rings. The molecular weight excluding hydrogens is 302 g/mol. The summed E-state index contributed by atoms with van der Waals surface area (Å²) >= 11 is 0. The first-order valence-corrected chi connectivity index (χ1v) is 8.03. The molecule has 0 aliphatic rings. The number of carbonyl (C=O) groups is 1. The van der Waals surface area contributed by atoms with Gasteiger partial charge in [-0.2, -0.15) is 5.10 Å². The summed E-state index contributed by atoms with van der Waals surface area (Å²) in [4.78, 5) is 16.8. The standard InChI is InChI=1S/C18H21N5O/c1-23-11-10-19-18(23)17(15-7-3-2-4-8-15)22-16(24)9-5-6-14-12-20-21-13-14/h2-4,7-8,10-13,17H,5-6,9H2,1H3,(H,20,21)(H,22,24)/t17-/m1/s1. The molecule has 6 heteroatoms. The topological polar surface area (TPSA) is 75.6 Å². The van der Waals surface area contributed by atoms with Crippen molar-refractivity contribution in [2.24, 2.45) is 7.05 Å². The van der Waals surface area contributed by atoms with E-state index in [-0.39, 0.29) is 11.9 Å². The molecule has 1 aromatic carbocycles. The van der Waals surface area contributed by atoms with Gasteiger partial charge < -0.3 is 9.88 Å². The van der Waals surface area contributed by atoms with Crippen LogP contribution in [0.15, 0.2) is 55.1 Å². The Morgan fingerprint density at radius 2 is 2.17 bits per heavy atom. The summed E-state index contributed by atoms with van der Waals surface area (Å²) in [5.74, 6) is 0.847. The molecular formula is C18H21N5O. The minimum Gasteiger partial charge on any atom is -0.342 e. The molecule has 0 aliphatic carbocycles. The van der Waals surface area contributed by atoms with Crippen LogP contribution in [-0.4, -0.2) is 25.7 Å². The quantitative estimate of drug-likeness (QED) is 0.701. The summed E-state index contributed by atoms with van der Waals surface area (Å²) in [6, 6.07) is 9.67. The molecule has 6 nitrogen and oxygen atoms in total. The molecule has 2 heterocycles. The maximum atomic E-state index is 12.4. The van der Waals surface area contributed by atoms with Crippen molar-refractivity contribution < 1.29 is 4.79 Å². The van der Waals surface area contributed by atoms with Crippen LogP contribution >= 0.6 is 0 Å². The van der Waals surface area contributed by atoms with E-state index in [0.717, 1.165) is 29.8 Å². The number of carbonyl (C=O) groups excluding carboxylic acids is 1. The van der Waals surface area contributed by atoms with Gasteiger partial charge >= 0.3 is 0 Å². The van der Waals surface area contributed by atoms with Crippen LogP contribution < -0.4 is 5.32 Å². The van der Waals surface area contributed by atoms with Crippen molar-refractivity contribution in [1.29, 1.82) is 0 Å². The highest BCUT2D eigenvalue weighted by Gasteiger charge is 2.20. The van der Waals surface area contributed by atoms with Crippen LogP contribution in [0.25, 0.3) is 0 Å². The molecule has 0 unspecified atom stereocenters. The van der Waals surface area contributed by atoms with Crippen molar-refractivity contribution in [2.45, 2.75) is 25.3 Å². The molecule has 2 N–H and O–H groups in total. The monoisotopic (exact) mass is 323 g/mol. The first kappa shape index (κ1) is 16.0. The predicted molar refractivity (Wildman–Crippen MR) is 91.2 cm³/mol. The molecule has 3 aromatic rings. The Balaban J connectivity index is 1.65. The molecule has 0 bridgehead atoms. The van der Waals surface area contributed by atoms with E-state index in [1.165, 1.54) is 0 Å². The highest BCUT2D eigenvalue weighted by atomic mass is 16.1. The van der Waals surface area contributed by atoms with Gasteiger partial charge in [0.1, 0.15) is 11.9 Å². The van der Waals surface area contributed by atoms with Gasteiger partial charge in [-0.25, -0.2) is 4.98 Å². The Hall–Kier alpha value is -2.89. The van der Waals surface area contributed by atoms with Gasteiger partial charge in [-0.15, -0.1) is 0 Å². The van der Waals surface area contributed by atoms with Gasteiger partial charge in [0.2, 0.25) is 5.91 Å². The van der Waals surface area contributed by atoms with Gasteiger partial charge in [-0.1, -0.05) is 30.3 Å². The summed E-state index contributed by atoms with van der Waals surface area (Å²) in [7, 11) is 1.93. The Morgan fingerprint density at radius 3 is 2.83 bits per heavy atom. The molecule has 0 spiro atoms. The molecule has 0 aliphatic heterocycles. The fourth-order valence-electron chi connectivity index (χ4n) is 2.70. The van der Waals surface area contributed by atoms with E-state index in [9.17, 15) is 4.79 Å². The molecule has 124 valence electrons. The Kier molecular flexibility index (Phi) is 5.05. The number of hydrogen-bond donors (Lipinski definition) is 2. The molecule has 1 amide bonds. The lowest BCUT2D eigenvalue weighted by molar-refractivity contribution is -0.121. The number of nitrogens with zero attached hydrogens (tertiary/aromatic N) is 3. The van der Waals surface area contributed by atoms with E-state index in [1.807, 2.05) is 54.3 Å². The third-order valence-electron chi connectivity index (χ3n) is 3.98. The fraction of sp³-hybridized carbons (Fsp3) is 0.278. The number of aromatic amines is 1. The third-order valence-corrected chi connectivity index (χ3v) is 3.98. The number of H-pyrrole nitrogens is 1. The van der Waals surface area contributed by atoms with Crippen LogP contribution in [0.1, 0.15) is 35.8 Å². The zero-order valence-electron chi connectivity index (χ0n) is 13.6. The molecule has 0 saturated carbocycles. The number of benzene rings is 1. The number of rotatable bonds is 7. The van der Waals surface area contributed by atoms with Gasteiger partial charge in [0, 0.05) is 32.1 Å². The van der Waals surface area contributed by atoms with Crippen molar-refractivity contribution in [1.82, 2.24) is 25.1 Å². The second-order valence-corrected chi connectivity index (χ2v) is 5.77. The molecule has 1 atom stereocenters. The fourth-order valence-corrected chi connectivity index (χ4v) is 2.70. The van der Waals surface area contributed by atoms with Crippen molar-refractivity contribution in [3.8, 4) is 0 Å². The average molecular weight is 323 g/mol. The second kappa shape index (κ2) is 7.59. The van der Waals surface area contributed by atoms with Crippen molar-refractivity contribution >= 4 is 5.91 Å². The van der Waals surface area contributed by atoms with Crippen LogP contribution in [0, 0.1) is 0 Å². The van der Waals surface area contributed by atoms with E-state index >= 15 is 0 Å². The molecule has 0 saturated heterocycles. The largest absolute Gasteiger partial charge is 0.342 e. The van der Waals surface area contributed by atoms with Crippen LogP contribution in [0.4, 0.5) is 0 Å². The molecule has 0 radical (unpaired) electrons. The number of amides is 1. The van der Waals surface area contributed by atoms with E-state index in [4.69, 9.17) is 0 Å². The summed E-state index contributed by atoms with van der Waals surface area (Å²) in [5, 5.41) is 9.81. The maximum Gasteiger partial charge on any atom is 0.220 e. The number of hydrogen-bond acceptors (Lipinski definition) is 3. The summed E-state index contributed by atoms with van der Waals surface area (Å²) < 4.78 is 1.93. The van der Waals surface area contributed by atoms with E-state index in [1.54, 1.807) is 12.4 Å². The molecule has 24 heavy (non-hydrogen) atoms. The van der Waals surface area contributed by atoms with E-state index in [0.29, 0.717) is 6.42 Å². The zero-order chi connectivity index (χ0) is 16.8. The van der Waals surface area contributed by atoms with Crippen LogP contribution in [0.2, 0.25) is 0 Å². The van der Waals surface area contributed by atoms with Crippen molar-refractivity contribution in [3.63, 3.8) is 0 Å². The van der Waals surface area contributed by atoms with E-state index < -0.39 is 0 Å². The minimum absolute atomic E-state index is 0.0235. The van der Waals surface area contributed by atoms with Crippen LogP contribution in [-0.2, 0) is 18.3 Å². The number of aromatic nitrogens is 4. The van der Waals surface area contributed by atoms with Gasteiger partial charge in [0.15, 0.2) is 0 Å². The summed E-state index contributed by atoms with van der Waals surface area (Å²) in [5.41, 5.74) is 2.14. The summed E-state index contributed by atoms with van der Waals surface area (Å²) in [6.07, 6.45) is 9.37. The van der Waals surface area contributed by atoms with Gasteiger partial charge in [-0.3, -0.25) is 9.89 Å². The van der Waals surface area contributed by atoms with Gasteiger partial charge in [0.25, 0.3) is 0 Å². The van der Waals surface area contributed by atoms with Gasteiger partial charge in [0.05, 0.1) is 6.20 Å². The predicted octanol–water partition coefficient (Wildman–Crippen LogP) is 2.37. The smallest absolute Gasteiger partial charge is 0.220 e. The Bertz CT molecular complexity index is 764. The molecule has 3 rings (SSSR count). The SMILES string of the molecule is Cn1ccnc1[C@H](NC(=O)CCCc1cn[nH]c1)c1ccccc1. The lowest BCUT2D eigenvalue weighted by atomic mass is 10.1. The highest BCUT2D eigenvalue weighted by molar-refractivity contribution is 5.76. The van der Waals surface area contributed by atoms with Crippen LogP contribution in [0.5, 0.6) is 0 Å². The Labute approximate surface area is 140 Å². The summed E-state index contributed by atoms with van der Waals surface area (Å²) in [6.45, 7) is 0. The third kappa shape index (κ3) is 3.90. The van der Waals surface area contributed by atoms with E-state index in [2.05, 4.69) is 20.5 Å². The Morgan fingerprint density at radius 1 is 1.33 bits per heavy atom. The van der Waals surface area contributed by atoms with Gasteiger partial charge in [-0.05, 0) is 24.0 Å². The number of aryl methyl sites for hydroxylation is 2.